The predicted octanol–water partition coefficient (Wildman–Crippen LogP) is -0.174. The van der Waals surface area contributed by atoms with Gasteiger partial charge in [-0.05, 0) is 31.8 Å². The molecule has 1 heterocycles. The summed E-state index contributed by atoms with van der Waals surface area (Å²) in [6, 6.07) is 7.33. The Kier molecular flexibility index (Phi) is 6.53. The fourth-order valence-corrected chi connectivity index (χ4v) is 2.95. The molecule has 1 aliphatic heterocycles. The van der Waals surface area contributed by atoms with E-state index >= 15 is 0 Å². The number of piperazine rings is 1. The standard InChI is InChI=1S/C17H28N4O2/c1-19-6-8-21(9-7-19)13-16(22)12-20(2)11-14-4-3-5-15(10-14)17(18)23/h3-5,10,16,22H,6-9,11-13H2,1-2H3,(H2,18,23). The molecule has 1 atom stereocenters. The molecule has 1 aromatic rings. The zero-order valence-corrected chi connectivity index (χ0v) is 14.1. The highest BCUT2D eigenvalue weighted by atomic mass is 16.3. The van der Waals surface area contributed by atoms with Crippen LogP contribution in [-0.2, 0) is 6.54 Å². The second kappa shape index (κ2) is 8.40. The molecule has 6 heteroatoms. The average molecular weight is 320 g/mol. The topological polar surface area (TPSA) is 73.0 Å². The van der Waals surface area contributed by atoms with Gasteiger partial charge in [0.15, 0.2) is 0 Å². The summed E-state index contributed by atoms with van der Waals surface area (Å²) in [6.07, 6.45) is -0.372. The molecule has 2 rings (SSSR count). The van der Waals surface area contributed by atoms with E-state index in [1.807, 2.05) is 25.2 Å². The van der Waals surface area contributed by atoms with Gasteiger partial charge in [-0.3, -0.25) is 14.6 Å². The van der Waals surface area contributed by atoms with E-state index < -0.39 is 5.91 Å². The molecule has 128 valence electrons. The van der Waals surface area contributed by atoms with Gasteiger partial charge < -0.3 is 15.7 Å². The average Bonchev–Trinajstić information content (AvgIpc) is 2.49. The number of amides is 1. The number of rotatable bonds is 7. The quantitative estimate of drug-likeness (QED) is 0.729. The summed E-state index contributed by atoms with van der Waals surface area (Å²) >= 11 is 0. The monoisotopic (exact) mass is 320 g/mol. The predicted molar refractivity (Wildman–Crippen MR) is 91.2 cm³/mol. The van der Waals surface area contributed by atoms with Gasteiger partial charge in [0.1, 0.15) is 0 Å². The minimum Gasteiger partial charge on any atom is -0.390 e. The summed E-state index contributed by atoms with van der Waals surface area (Å²) in [4.78, 5) is 17.9. The maximum Gasteiger partial charge on any atom is 0.248 e. The summed E-state index contributed by atoms with van der Waals surface area (Å²) in [5.74, 6) is -0.412. The van der Waals surface area contributed by atoms with Crippen molar-refractivity contribution in [2.75, 3.05) is 53.4 Å². The molecule has 1 unspecified atom stereocenters. The number of nitrogens with zero attached hydrogens (tertiary/aromatic N) is 3. The highest BCUT2D eigenvalue weighted by molar-refractivity contribution is 5.92. The molecule has 3 N–H and O–H groups in total. The van der Waals surface area contributed by atoms with Crippen molar-refractivity contribution in [1.82, 2.24) is 14.7 Å². The fourth-order valence-electron chi connectivity index (χ4n) is 2.95. The van der Waals surface area contributed by atoms with Crippen LogP contribution in [0.25, 0.3) is 0 Å². The number of aliphatic hydroxyl groups excluding tert-OH is 1. The van der Waals surface area contributed by atoms with Crippen molar-refractivity contribution in [2.24, 2.45) is 5.73 Å². The minimum atomic E-state index is -0.412. The zero-order chi connectivity index (χ0) is 16.8. The van der Waals surface area contributed by atoms with Crippen LogP contribution in [0.2, 0.25) is 0 Å². The summed E-state index contributed by atoms with van der Waals surface area (Å²) in [6.45, 7) is 6.13. The Morgan fingerprint density at radius 3 is 2.70 bits per heavy atom. The first-order chi connectivity index (χ1) is 10.9. The lowest BCUT2D eigenvalue weighted by molar-refractivity contribution is 0.0594. The van der Waals surface area contributed by atoms with Crippen LogP contribution in [0.5, 0.6) is 0 Å². The number of hydrogen-bond acceptors (Lipinski definition) is 5. The first-order valence-electron chi connectivity index (χ1n) is 8.10. The molecule has 23 heavy (non-hydrogen) atoms. The first-order valence-corrected chi connectivity index (χ1v) is 8.10. The number of primary amides is 1. The Hall–Kier alpha value is -1.47. The highest BCUT2D eigenvalue weighted by Gasteiger charge is 2.18. The number of carbonyl (C=O) groups excluding carboxylic acids is 1. The number of nitrogens with two attached hydrogens (primary N) is 1. The van der Waals surface area contributed by atoms with Crippen LogP contribution in [0, 0.1) is 0 Å². The molecule has 0 spiro atoms. The lowest BCUT2D eigenvalue weighted by Gasteiger charge is -2.34. The van der Waals surface area contributed by atoms with Crippen molar-refractivity contribution < 1.29 is 9.90 Å². The SMILES string of the molecule is CN1CCN(CC(O)CN(C)Cc2cccc(C(N)=O)c2)CC1. The molecule has 0 saturated carbocycles. The molecule has 1 saturated heterocycles. The molecule has 1 amide bonds. The Morgan fingerprint density at radius 2 is 2.04 bits per heavy atom. The van der Waals surface area contributed by atoms with E-state index in [-0.39, 0.29) is 6.10 Å². The van der Waals surface area contributed by atoms with E-state index in [2.05, 4.69) is 21.7 Å². The molecule has 0 radical (unpaired) electrons. The molecule has 6 nitrogen and oxygen atoms in total. The van der Waals surface area contributed by atoms with Gasteiger partial charge in [0.25, 0.3) is 0 Å². The normalized spacial score (nSPS) is 18.3. The van der Waals surface area contributed by atoms with E-state index in [1.165, 1.54) is 0 Å². The Bertz CT molecular complexity index is 515. The minimum absolute atomic E-state index is 0.372. The van der Waals surface area contributed by atoms with Crippen molar-refractivity contribution in [3.05, 3.63) is 35.4 Å². The van der Waals surface area contributed by atoms with Crippen LogP contribution in [0.4, 0.5) is 0 Å². The van der Waals surface area contributed by atoms with Crippen LogP contribution in [0.1, 0.15) is 15.9 Å². The summed E-state index contributed by atoms with van der Waals surface area (Å²) in [7, 11) is 4.10. The maximum atomic E-state index is 11.2. The first kappa shape index (κ1) is 17.9. The maximum absolute atomic E-state index is 11.2. The van der Waals surface area contributed by atoms with Crippen molar-refractivity contribution in [3.8, 4) is 0 Å². The van der Waals surface area contributed by atoms with E-state index in [1.54, 1.807) is 6.07 Å². The largest absolute Gasteiger partial charge is 0.390 e. The molecule has 1 fully saturated rings. The molecule has 0 aliphatic carbocycles. The molecular formula is C17H28N4O2. The molecule has 1 aromatic carbocycles. The molecule has 1 aliphatic rings. The number of benzene rings is 1. The van der Waals surface area contributed by atoms with Gasteiger partial charge >= 0.3 is 0 Å². The summed E-state index contributed by atoms with van der Waals surface area (Å²) in [5.41, 5.74) is 6.85. The number of likely N-dealkylation sites (N-methyl/N-ethyl adjacent to an activating group) is 2. The van der Waals surface area contributed by atoms with Gasteiger partial charge in [0.2, 0.25) is 5.91 Å². The number of aliphatic hydroxyl groups is 1. The van der Waals surface area contributed by atoms with Gasteiger partial charge in [-0.1, -0.05) is 12.1 Å². The van der Waals surface area contributed by atoms with Crippen LogP contribution >= 0.6 is 0 Å². The lowest BCUT2D eigenvalue weighted by atomic mass is 10.1. The molecule has 0 bridgehead atoms. The summed E-state index contributed by atoms with van der Waals surface area (Å²) < 4.78 is 0. The van der Waals surface area contributed by atoms with Gasteiger partial charge in [-0.15, -0.1) is 0 Å². The Morgan fingerprint density at radius 1 is 1.35 bits per heavy atom. The van der Waals surface area contributed by atoms with E-state index in [9.17, 15) is 9.90 Å². The van der Waals surface area contributed by atoms with Crippen molar-refractivity contribution in [3.63, 3.8) is 0 Å². The molecule has 0 aromatic heterocycles. The van der Waals surface area contributed by atoms with Crippen molar-refractivity contribution in [1.29, 1.82) is 0 Å². The van der Waals surface area contributed by atoms with E-state index in [4.69, 9.17) is 5.73 Å². The fraction of sp³-hybridized carbons (Fsp3) is 0.588. The zero-order valence-electron chi connectivity index (χ0n) is 14.1. The van der Waals surface area contributed by atoms with E-state index in [0.29, 0.717) is 25.2 Å². The Balaban J connectivity index is 1.78. The van der Waals surface area contributed by atoms with Crippen LogP contribution in [0.3, 0.4) is 0 Å². The number of carbonyl (C=O) groups is 1. The lowest BCUT2D eigenvalue weighted by Crippen LogP contribution is -2.48. The second-order valence-corrected chi connectivity index (χ2v) is 6.52. The van der Waals surface area contributed by atoms with Gasteiger partial charge in [-0.2, -0.15) is 0 Å². The van der Waals surface area contributed by atoms with Crippen LogP contribution in [0.15, 0.2) is 24.3 Å². The number of β-amino-alcohol motifs (C(OH)–C–C–N with tert-alkyl or cyclic N) is 1. The Labute approximate surface area is 138 Å². The smallest absolute Gasteiger partial charge is 0.248 e. The van der Waals surface area contributed by atoms with E-state index in [0.717, 1.165) is 31.7 Å². The van der Waals surface area contributed by atoms with Crippen LogP contribution < -0.4 is 5.73 Å². The van der Waals surface area contributed by atoms with Gasteiger partial charge in [0, 0.05) is 51.4 Å². The second-order valence-electron chi connectivity index (χ2n) is 6.52. The van der Waals surface area contributed by atoms with Crippen LogP contribution in [-0.4, -0.2) is 85.2 Å². The number of hydrogen-bond donors (Lipinski definition) is 2. The van der Waals surface area contributed by atoms with Crippen molar-refractivity contribution >= 4 is 5.91 Å². The van der Waals surface area contributed by atoms with Crippen molar-refractivity contribution in [2.45, 2.75) is 12.6 Å². The third-order valence-corrected chi connectivity index (χ3v) is 4.25. The highest BCUT2D eigenvalue weighted by Crippen LogP contribution is 2.08. The molecular weight excluding hydrogens is 292 g/mol. The third-order valence-electron chi connectivity index (χ3n) is 4.25. The summed E-state index contributed by atoms with van der Waals surface area (Å²) in [5, 5.41) is 10.3. The van der Waals surface area contributed by atoms with Gasteiger partial charge in [-0.25, -0.2) is 0 Å². The van der Waals surface area contributed by atoms with Gasteiger partial charge in [0.05, 0.1) is 6.10 Å². The third kappa shape index (κ3) is 5.91.